The molecule has 0 atom stereocenters. The van der Waals surface area contributed by atoms with E-state index in [0.717, 1.165) is 35.2 Å². The first-order chi connectivity index (χ1) is 8.30. The summed E-state index contributed by atoms with van der Waals surface area (Å²) in [5.41, 5.74) is 7.82. The fourth-order valence-electron chi connectivity index (χ4n) is 2.04. The fraction of sp³-hybridized carbons (Fsp3) is 0.385. The lowest BCUT2D eigenvalue weighted by Crippen LogP contribution is -2.00. The molecule has 0 fully saturated rings. The summed E-state index contributed by atoms with van der Waals surface area (Å²) < 4.78 is 10.7. The van der Waals surface area contributed by atoms with Crippen molar-refractivity contribution in [1.29, 1.82) is 0 Å². The average molecular weight is 234 g/mol. The van der Waals surface area contributed by atoms with E-state index in [-0.39, 0.29) is 0 Å². The van der Waals surface area contributed by atoms with Gasteiger partial charge in [-0.15, -0.1) is 0 Å². The van der Waals surface area contributed by atoms with Gasteiger partial charge < -0.3 is 20.2 Å². The van der Waals surface area contributed by atoms with Crippen molar-refractivity contribution in [2.24, 2.45) is 5.73 Å². The number of aromatic nitrogens is 1. The van der Waals surface area contributed by atoms with Crippen LogP contribution in [0.5, 0.6) is 11.5 Å². The van der Waals surface area contributed by atoms with E-state index < -0.39 is 0 Å². The first kappa shape index (κ1) is 11.8. The molecule has 0 unspecified atom stereocenters. The maximum absolute atomic E-state index is 5.54. The number of fused-ring (bicyclic) bond motifs is 1. The van der Waals surface area contributed by atoms with Crippen LogP contribution in [0, 0.1) is 0 Å². The average Bonchev–Trinajstić information content (AvgIpc) is 2.78. The highest BCUT2D eigenvalue weighted by atomic mass is 16.5. The lowest BCUT2D eigenvalue weighted by atomic mass is 10.1. The van der Waals surface area contributed by atoms with E-state index in [4.69, 9.17) is 15.2 Å². The first-order valence-electron chi connectivity index (χ1n) is 5.72. The molecule has 1 heterocycles. The number of H-pyrrole nitrogens is 1. The number of hydrogen-bond acceptors (Lipinski definition) is 3. The molecule has 0 aliphatic heterocycles. The molecule has 1 aromatic carbocycles. The van der Waals surface area contributed by atoms with Crippen LogP contribution < -0.4 is 15.2 Å². The Morgan fingerprint density at radius 3 is 2.71 bits per heavy atom. The Hall–Kier alpha value is -1.68. The molecule has 3 N–H and O–H groups in total. The van der Waals surface area contributed by atoms with Crippen LogP contribution in [0.1, 0.15) is 12.0 Å². The summed E-state index contributed by atoms with van der Waals surface area (Å²) in [7, 11) is 3.33. The van der Waals surface area contributed by atoms with Gasteiger partial charge in [0.15, 0.2) is 0 Å². The zero-order chi connectivity index (χ0) is 12.3. The van der Waals surface area contributed by atoms with Gasteiger partial charge >= 0.3 is 0 Å². The molecule has 2 aromatic rings. The Morgan fingerprint density at radius 2 is 2.06 bits per heavy atom. The number of nitrogens with two attached hydrogens (primary N) is 1. The SMILES string of the molecule is COc1cc(OC)c2c(CCCN)c[nH]c2c1. The molecule has 2 rings (SSSR count). The summed E-state index contributed by atoms with van der Waals surface area (Å²) in [6, 6.07) is 3.88. The van der Waals surface area contributed by atoms with Gasteiger partial charge in [0, 0.05) is 23.7 Å². The summed E-state index contributed by atoms with van der Waals surface area (Å²) >= 11 is 0. The van der Waals surface area contributed by atoms with Crippen molar-refractivity contribution in [3.8, 4) is 11.5 Å². The van der Waals surface area contributed by atoms with Crippen molar-refractivity contribution >= 4 is 10.9 Å². The Bertz CT molecular complexity index is 505. The van der Waals surface area contributed by atoms with Gasteiger partial charge in [-0.25, -0.2) is 0 Å². The number of ether oxygens (including phenoxy) is 2. The molecule has 17 heavy (non-hydrogen) atoms. The van der Waals surface area contributed by atoms with Gasteiger partial charge in [-0.2, -0.15) is 0 Å². The zero-order valence-electron chi connectivity index (χ0n) is 10.2. The molecule has 0 saturated carbocycles. The maximum Gasteiger partial charge on any atom is 0.132 e. The van der Waals surface area contributed by atoms with Gasteiger partial charge in [0.25, 0.3) is 0 Å². The molecule has 0 saturated heterocycles. The smallest absolute Gasteiger partial charge is 0.132 e. The van der Waals surface area contributed by atoms with E-state index in [1.165, 1.54) is 5.56 Å². The molecular weight excluding hydrogens is 216 g/mol. The number of nitrogens with one attached hydrogen (secondary N) is 1. The van der Waals surface area contributed by atoms with Crippen LogP contribution in [0.25, 0.3) is 10.9 Å². The van der Waals surface area contributed by atoms with Crippen molar-refractivity contribution < 1.29 is 9.47 Å². The number of aryl methyl sites for hydroxylation is 1. The minimum absolute atomic E-state index is 0.700. The Labute approximate surface area is 101 Å². The Balaban J connectivity index is 2.50. The van der Waals surface area contributed by atoms with Crippen molar-refractivity contribution in [2.45, 2.75) is 12.8 Å². The van der Waals surface area contributed by atoms with Gasteiger partial charge in [0.2, 0.25) is 0 Å². The van der Waals surface area contributed by atoms with Gasteiger partial charge in [-0.3, -0.25) is 0 Å². The third-order valence-electron chi connectivity index (χ3n) is 2.90. The number of rotatable bonds is 5. The predicted molar refractivity (Wildman–Crippen MR) is 68.8 cm³/mol. The monoisotopic (exact) mass is 234 g/mol. The van der Waals surface area contributed by atoms with Crippen LogP contribution in [0.2, 0.25) is 0 Å². The molecule has 0 bridgehead atoms. The predicted octanol–water partition coefficient (Wildman–Crippen LogP) is 2.08. The Morgan fingerprint density at radius 1 is 1.24 bits per heavy atom. The van der Waals surface area contributed by atoms with Gasteiger partial charge in [0.05, 0.1) is 19.7 Å². The third kappa shape index (κ3) is 2.22. The lowest BCUT2D eigenvalue weighted by molar-refractivity contribution is 0.398. The highest BCUT2D eigenvalue weighted by Gasteiger charge is 2.11. The first-order valence-corrected chi connectivity index (χ1v) is 5.72. The van der Waals surface area contributed by atoms with Crippen LogP contribution in [0.4, 0.5) is 0 Å². The molecule has 0 amide bonds. The van der Waals surface area contributed by atoms with Crippen LogP contribution in [-0.2, 0) is 6.42 Å². The molecule has 0 spiro atoms. The number of hydrogen-bond donors (Lipinski definition) is 2. The third-order valence-corrected chi connectivity index (χ3v) is 2.90. The minimum Gasteiger partial charge on any atom is -0.497 e. The minimum atomic E-state index is 0.700. The van der Waals surface area contributed by atoms with Crippen molar-refractivity contribution in [1.82, 2.24) is 4.98 Å². The fourth-order valence-corrected chi connectivity index (χ4v) is 2.04. The second-order valence-electron chi connectivity index (χ2n) is 3.96. The molecule has 4 nitrogen and oxygen atoms in total. The molecule has 0 aliphatic rings. The molecule has 1 aromatic heterocycles. The standard InChI is InChI=1S/C13H18N2O2/c1-16-10-6-11-13(12(7-10)17-2)9(8-15-11)4-3-5-14/h6-8,15H,3-5,14H2,1-2H3. The van der Waals surface area contributed by atoms with E-state index >= 15 is 0 Å². The van der Waals surface area contributed by atoms with Crippen LogP contribution in [0.15, 0.2) is 18.3 Å². The second kappa shape index (κ2) is 5.10. The number of benzene rings is 1. The van der Waals surface area contributed by atoms with E-state index in [2.05, 4.69) is 4.98 Å². The normalized spacial score (nSPS) is 10.8. The highest BCUT2D eigenvalue weighted by Crippen LogP contribution is 2.33. The summed E-state index contributed by atoms with van der Waals surface area (Å²) in [6.45, 7) is 0.700. The Kier molecular flexibility index (Phi) is 3.54. The molecular formula is C13H18N2O2. The van der Waals surface area contributed by atoms with E-state index in [1.54, 1.807) is 14.2 Å². The van der Waals surface area contributed by atoms with E-state index in [1.807, 2.05) is 18.3 Å². The topological polar surface area (TPSA) is 60.3 Å². The molecule has 92 valence electrons. The second-order valence-corrected chi connectivity index (χ2v) is 3.96. The van der Waals surface area contributed by atoms with Crippen molar-refractivity contribution in [3.63, 3.8) is 0 Å². The van der Waals surface area contributed by atoms with Gasteiger partial charge in [-0.1, -0.05) is 0 Å². The summed E-state index contributed by atoms with van der Waals surface area (Å²) in [5.74, 6) is 1.63. The van der Waals surface area contributed by atoms with Crippen LogP contribution in [0.3, 0.4) is 0 Å². The zero-order valence-corrected chi connectivity index (χ0v) is 10.2. The number of aromatic amines is 1. The summed E-state index contributed by atoms with van der Waals surface area (Å²) in [6.07, 6.45) is 3.95. The maximum atomic E-state index is 5.54. The quantitative estimate of drug-likeness (QED) is 0.832. The summed E-state index contributed by atoms with van der Waals surface area (Å²) in [4.78, 5) is 3.25. The summed E-state index contributed by atoms with van der Waals surface area (Å²) in [5, 5.41) is 1.13. The van der Waals surface area contributed by atoms with Crippen molar-refractivity contribution in [3.05, 3.63) is 23.9 Å². The molecule has 0 radical (unpaired) electrons. The van der Waals surface area contributed by atoms with Crippen molar-refractivity contribution in [2.75, 3.05) is 20.8 Å². The van der Waals surface area contributed by atoms with E-state index in [9.17, 15) is 0 Å². The van der Waals surface area contributed by atoms with Crippen LogP contribution in [-0.4, -0.2) is 25.7 Å². The van der Waals surface area contributed by atoms with Gasteiger partial charge in [0.1, 0.15) is 11.5 Å². The lowest BCUT2D eigenvalue weighted by Gasteiger charge is -2.07. The highest BCUT2D eigenvalue weighted by molar-refractivity contribution is 5.90. The van der Waals surface area contributed by atoms with Crippen LogP contribution >= 0.6 is 0 Å². The van der Waals surface area contributed by atoms with E-state index in [0.29, 0.717) is 6.54 Å². The number of methoxy groups -OCH3 is 2. The largest absolute Gasteiger partial charge is 0.497 e. The molecule has 0 aliphatic carbocycles. The molecule has 4 heteroatoms. The van der Waals surface area contributed by atoms with Gasteiger partial charge in [-0.05, 0) is 24.9 Å².